The van der Waals surface area contributed by atoms with Crippen LogP contribution in [0.2, 0.25) is 0 Å². The Balaban J connectivity index is 1.90. The van der Waals surface area contributed by atoms with E-state index >= 15 is 0 Å². The topological polar surface area (TPSA) is 32.3 Å². The maximum atomic E-state index is 12.4. The molecular formula is C13H24N2OS. The number of carbonyl (C=O) groups is 1. The molecule has 2 heterocycles. The van der Waals surface area contributed by atoms with Gasteiger partial charge in [-0.05, 0) is 25.4 Å². The summed E-state index contributed by atoms with van der Waals surface area (Å²) in [5, 5.41) is 3.25. The van der Waals surface area contributed by atoms with E-state index in [1.165, 1.54) is 0 Å². The molecule has 0 aromatic carbocycles. The zero-order chi connectivity index (χ0) is 12.5. The number of thioether (sulfide) groups is 1. The molecule has 0 aliphatic carbocycles. The third-order valence-corrected chi connectivity index (χ3v) is 5.43. The van der Waals surface area contributed by atoms with E-state index in [1.54, 1.807) is 0 Å². The van der Waals surface area contributed by atoms with Crippen molar-refractivity contribution in [2.75, 3.05) is 31.9 Å². The molecular weight excluding hydrogens is 232 g/mol. The largest absolute Gasteiger partial charge is 0.342 e. The lowest BCUT2D eigenvalue weighted by molar-refractivity contribution is -0.137. The van der Waals surface area contributed by atoms with Crippen LogP contribution in [0.5, 0.6) is 0 Å². The minimum absolute atomic E-state index is 0.197. The van der Waals surface area contributed by atoms with E-state index < -0.39 is 0 Å². The van der Waals surface area contributed by atoms with E-state index in [1.807, 2.05) is 11.8 Å². The predicted octanol–water partition coefficient (Wildman–Crippen LogP) is 1.59. The van der Waals surface area contributed by atoms with Crippen molar-refractivity contribution in [3.05, 3.63) is 0 Å². The van der Waals surface area contributed by atoms with E-state index in [9.17, 15) is 4.79 Å². The first kappa shape index (κ1) is 13.2. The second kappa shape index (κ2) is 5.19. The SMILES string of the molecule is CC(C(=O)N1CCSC(C)(C)CC1)C1CNC1. The van der Waals surface area contributed by atoms with Gasteiger partial charge in [-0.1, -0.05) is 20.8 Å². The molecule has 0 aromatic heterocycles. The van der Waals surface area contributed by atoms with Gasteiger partial charge in [0.25, 0.3) is 0 Å². The van der Waals surface area contributed by atoms with Crippen molar-refractivity contribution < 1.29 is 4.79 Å². The van der Waals surface area contributed by atoms with E-state index in [-0.39, 0.29) is 5.92 Å². The van der Waals surface area contributed by atoms with Crippen LogP contribution < -0.4 is 5.32 Å². The molecule has 0 bridgehead atoms. The predicted molar refractivity (Wildman–Crippen MR) is 73.3 cm³/mol. The van der Waals surface area contributed by atoms with Crippen molar-refractivity contribution in [3.8, 4) is 0 Å². The number of nitrogens with one attached hydrogen (secondary N) is 1. The highest BCUT2D eigenvalue weighted by atomic mass is 32.2. The number of rotatable bonds is 2. The molecule has 17 heavy (non-hydrogen) atoms. The zero-order valence-electron chi connectivity index (χ0n) is 11.2. The minimum atomic E-state index is 0.197. The van der Waals surface area contributed by atoms with Gasteiger partial charge in [-0.2, -0.15) is 11.8 Å². The maximum Gasteiger partial charge on any atom is 0.225 e. The summed E-state index contributed by atoms with van der Waals surface area (Å²) in [7, 11) is 0. The summed E-state index contributed by atoms with van der Waals surface area (Å²) in [4.78, 5) is 14.5. The van der Waals surface area contributed by atoms with E-state index in [2.05, 4.69) is 31.0 Å². The van der Waals surface area contributed by atoms with Crippen LogP contribution >= 0.6 is 11.8 Å². The van der Waals surface area contributed by atoms with Crippen molar-refractivity contribution in [1.29, 1.82) is 0 Å². The first-order chi connectivity index (χ1) is 7.99. The molecule has 1 N–H and O–H groups in total. The van der Waals surface area contributed by atoms with Gasteiger partial charge >= 0.3 is 0 Å². The smallest absolute Gasteiger partial charge is 0.225 e. The molecule has 0 aromatic rings. The summed E-state index contributed by atoms with van der Waals surface area (Å²) < 4.78 is 0.330. The molecule has 2 fully saturated rings. The van der Waals surface area contributed by atoms with Crippen molar-refractivity contribution >= 4 is 17.7 Å². The summed E-state index contributed by atoms with van der Waals surface area (Å²) >= 11 is 2.00. The van der Waals surface area contributed by atoms with Crippen LogP contribution in [-0.2, 0) is 4.79 Å². The molecule has 1 unspecified atom stereocenters. The van der Waals surface area contributed by atoms with Gasteiger partial charge in [0.15, 0.2) is 0 Å². The summed E-state index contributed by atoms with van der Waals surface area (Å²) in [5.41, 5.74) is 0. The van der Waals surface area contributed by atoms with Crippen LogP contribution in [0.3, 0.4) is 0 Å². The molecule has 2 aliphatic heterocycles. The fourth-order valence-electron chi connectivity index (χ4n) is 2.39. The number of hydrogen-bond donors (Lipinski definition) is 1. The third kappa shape index (κ3) is 3.16. The second-order valence-electron chi connectivity index (χ2n) is 5.89. The second-order valence-corrected chi connectivity index (χ2v) is 7.69. The molecule has 2 aliphatic rings. The molecule has 0 spiro atoms. The summed E-state index contributed by atoms with van der Waals surface area (Å²) in [6.45, 7) is 10.6. The monoisotopic (exact) mass is 256 g/mol. The number of amides is 1. The Kier molecular flexibility index (Phi) is 4.03. The van der Waals surface area contributed by atoms with Gasteiger partial charge in [-0.25, -0.2) is 0 Å². The van der Waals surface area contributed by atoms with Gasteiger partial charge in [0, 0.05) is 29.5 Å². The van der Waals surface area contributed by atoms with Crippen LogP contribution in [0.25, 0.3) is 0 Å². The van der Waals surface area contributed by atoms with Gasteiger partial charge in [-0.3, -0.25) is 4.79 Å². The average Bonchev–Trinajstić information content (AvgIpc) is 2.35. The van der Waals surface area contributed by atoms with Gasteiger partial charge in [0.2, 0.25) is 5.91 Å². The molecule has 4 heteroatoms. The quantitative estimate of drug-likeness (QED) is 0.814. The molecule has 1 amide bonds. The molecule has 3 nitrogen and oxygen atoms in total. The Bertz CT molecular complexity index is 289. The van der Waals surface area contributed by atoms with Crippen LogP contribution in [0.4, 0.5) is 0 Å². The van der Waals surface area contributed by atoms with Crippen molar-refractivity contribution in [2.24, 2.45) is 11.8 Å². The number of hydrogen-bond acceptors (Lipinski definition) is 3. The van der Waals surface area contributed by atoms with Crippen LogP contribution in [0.1, 0.15) is 27.2 Å². The summed E-state index contributed by atoms with van der Waals surface area (Å²) in [6, 6.07) is 0. The lowest BCUT2D eigenvalue weighted by Crippen LogP contribution is -2.50. The molecule has 1 atom stereocenters. The zero-order valence-corrected chi connectivity index (χ0v) is 12.0. The first-order valence-corrected chi connectivity index (χ1v) is 7.62. The van der Waals surface area contributed by atoms with Crippen LogP contribution in [-0.4, -0.2) is 47.5 Å². The molecule has 0 saturated carbocycles. The van der Waals surface area contributed by atoms with Gasteiger partial charge < -0.3 is 10.2 Å². The normalized spacial score (nSPS) is 27.1. The lowest BCUT2D eigenvalue weighted by Gasteiger charge is -2.34. The number of nitrogens with zero attached hydrogens (tertiary/aromatic N) is 1. The Morgan fingerprint density at radius 3 is 2.71 bits per heavy atom. The van der Waals surface area contributed by atoms with Crippen LogP contribution in [0.15, 0.2) is 0 Å². The highest BCUT2D eigenvalue weighted by molar-refractivity contribution is 8.00. The molecule has 0 radical (unpaired) electrons. The standard InChI is InChI=1S/C13H24N2OS/c1-10(11-8-14-9-11)12(16)15-5-4-13(2,3)17-7-6-15/h10-11,14H,4-9H2,1-3H3. The van der Waals surface area contributed by atoms with E-state index in [4.69, 9.17) is 0 Å². The van der Waals surface area contributed by atoms with Crippen molar-refractivity contribution in [2.45, 2.75) is 31.9 Å². The third-order valence-electron chi connectivity index (χ3n) is 4.06. The summed E-state index contributed by atoms with van der Waals surface area (Å²) in [5.74, 6) is 2.21. The van der Waals surface area contributed by atoms with Gasteiger partial charge in [0.05, 0.1) is 0 Å². The highest BCUT2D eigenvalue weighted by Gasteiger charge is 2.33. The number of carbonyl (C=O) groups excluding carboxylic acids is 1. The van der Waals surface area contributed by atoms with Crippen LogP contribution in [0, 0.1) is 11.8 Å². The fourth-order valence-corrected chi connectivity index (χ4v) is 3.49. The molecule has 2 saturated heterocycles. The Hall–Kier alpha value is -0.220. The highest BCUT2D eigenvalue weighted by Crippen LogP contribution is 2.31. The lowest BCUT2D eigenvalue weighted by atomic mass is 9.88. The van der Waals surface area contributed by atoms with Crippen molar-refractivity contribution in [3.63, 3.8) is 0 Å². The Morgan fingerprint density at radius 2 is 2.12 bits per heavy atom. The first-order valence-electron chi connectivity index (χ1n) is 6.63. The maximum absolute atomic E-state index is 12.4. The fraction of sp³-hybridized carbons (Fsp3) is 0.923. The van der Waals surface area contributed by atoms with Gasteiger partial charge in [0.1, 0.15) is 0 Å². The van der Waals surface area contributed by atoms with Gasteiger partial charge in [-0.15, -0.1) is 0 Å². The average molecular weight is 256 g/mol. The van der Waals surface area contributed by atoms with E-state index in [0.29, 0.717) is 16.6 Å². The van der Waals surface area contributed by atoms with E-state index in [0.717, 1.165) is 38.4 Å². The molecule has 98 valence electrons. The minimum Gasteiger partial charge on any atom is -0.342 e. The molecule has 2 rings (SSSR count). The van der Waals surface area contributed by atoms with Crippen molar-refractivity contribution in [1.82, 2.24) is 10.2 Å². The summed E-state index contributed by atoms with van der Waals surface area (Å²) in [6.07, 6.45) is 1.11. The Labute approximate surface area is 109 Å². The Morgan fingerprint density at radius 1 is 1.41 bits per heavy atom.